The Morgan fingerprint density at radius 1 is 1.24 bits per heavy atom. The van der Waals surface area contributed by atoms with Crippen LogP contribution in [0.2, 0.25) is 0 Å². The molecule has 0 bridgehead atoms. The number of rotatable bonds is 6. The molecule has 94 valence electrons. The molecule has 2 atom stereocenters. The van der Waals surface area contributed by atoms with Crippen LogP contribution in [0.1, 0.15) is 38.3 Å². The van der Waals surface area contributed by atoms with Gasteiger partial charge in [-0.15, -0.1) is 0 Å². The molecule has 0 saturated carbocycles. The molecule has 1 rings (SSSR count). The van der Waals surface area contributed by atoms with Gasteiger partial charge in [0.05, 0.1) is 6.04 Å². The van der Waals surface area contributed by atoms with E-state index < -0.39 is 0 Å². The van der Waals surface area contributed by atoms with Crippen molar-refractivity contribution in [1.82, 2.24) is 5.32 Å². The van der Waals surface area contributed by atoms with Gasteiger partial charge in [0.15, 0.2) is 0 Å². The largest absolute Gasteiger partial charge is 0.349 e. The molecule has 17 heavy (non-hydrogen) atoms. The molecule has 0 aliphatic heterocycles. The van der Waals surface area contributed by atoms with Crippen LogP contribution < -0.4 is 11.1 Å². The molecule has 0 aliphatic carbocycles. The summed E-state index contributed by atoms with van der Waals surface area (Å²) < 4.78 is 0. The second kappa shape index (κ2) is 7.07. The lowest BCUT2D eigenvalue weighted by Gasteiger charge is -2.20. The minimum absolute atomic E-state index is 0.0608. The molecule has 0 heterocycles. The molecule has 3 heteroatoms. The second-order valence-electron chi connectivity index (χ2n) is 4.22. The molecule has 1 unspecified atom stereocenters. The standard InChI is InChI=1S/C14H22N2O/c1-3-11(10-15)14(17)16-13(4-2)12-8-6-5-7-9-12/h5-9,11,13H,3-4,10,15H2,1-2H3,(H,16,17)/t11?,13-/m1/s1. The van der Waals surface area contributed by atoms with Gasteiger partial charge in [0, 0.05) is 12.5 Å². The number of benzene rings is 1. The Labute approximate surface area is 103 Å². The minimum Gasteiger partial charge on any atom is -0.349 e. The Balaban J connectivity index is 2.68. The molecular weight excluding hydrogens is 212 g/mol. The number of amides is 1. The first-order valence-electron chi connectivity index (χ1n) is 6.28. The SMILES string of the molecule is CCC(CN)C(=O)N[C@H](CC)c1ccccc1. The Hall–Kier alpha value is -1.35. The molecule has 3 N–H and O–H groups in total. The summed E-state index contributed by atoms with van der Waals surface area (Å²) in [6.07, 6.45) is 1.67. The van der Waals surface area contributed by atoms with E-state index in [1.165, 1.54) is 0 Å². The monoisotopic (exact) mass is 234 g/mol. The molecule has 1 aromatic rings. The Morgan fingerprint density at radius 3 is 2.35 bits per heavy atom. The fourth-order valence-corrected chi connectivity index (χ4v) is 1.86. The lowest BCUT2D eigenvalue weighted by atomic mass is 10.0. The third-order valence-electron chi connectivity index (χ3n) is 3.07. The van der Waals surface area contributed by atoms with E-state index in [2.05, 4.69) is 12.2 Å². The van der Waals surface area contributed by atoms with Gasteiger partial charge in [-0.2, -0.15) is 0 Å². The van der Waals surface area contributed by atoms with E-state index in [9.17, 15) is 4.79 Å². The normalized spacial score (nSPS) is 14.1. The molecule has 1 amide bonds. The Kier molecular flexibility index (Phi) is 5.70. The van der Waals surface area contributed by atoms with Crippen molar-refractivity contribution in [3.05, 3.63) is 35.9 Å². The van der Waals surface area contributed by atoms with Gasteiger partial charge in [-0.1, -0.05) is 44.2 Å². The zero-order valence-corrected chi connectivity index (χ0v) is 10.6. The molecule has 3 nitrogen and oxygen atoms in total. The number of carbonyl (C=O) groups is 1. The number of hydrogen-bond acceptors (Lipinski definition) is 2. The number of hydrogen-bond donors (Lipinski definition) is 2. The van der Waals surface area contributed by atoms with E-state index >= 15 is 0 Å². The fraction of sp³-hybridized carbons (Fsp3) is 0.500. The highest BCUT2D eigenvalue weighted by molar-refractivity contribution is 5.79. The van der Waals surface area contributed by atoms with Crippen LogP contribution in [0.3, 0.4) is 0 Å². The summed E-state index contributed by atoms with van der Waals surface area (Å²) in [6, 6.07) is 10.1. The van der Waals surface area contributed by atoms with Crippen LogP contribution >= 0.6 is 0 Å². The van der Waals surface area contributed by atoms with Crippen LogP contribution in [0, 0.1) is 5.92 Å². The molecule has 0 spiro atoms. The first kappa shape index (κ1) is 13.7. The highest BCUT2D eigenvalue weighted by atomic mass is 16.1. The minimum atomic E-state index is -0.0761. The maximum Gasteiger partial charge on any atom is 0.224 e. The van der Waals surface area contributed by atoms with Crippen LogP contribution in [-0.2, 0) is 4.79 Å². The highest BCUT2D eigenvalue weighted by Crippen LogP contribution is 2.16. The molecule has 1 aromatic carbocycles. The Morgan fingerprint density at radius 2 is 1.88 bits per heavy atom. The van der Waals surface area contributed by atoms with Crippen LogP contribution in [0.5, 0.6) is 0 Å². The maximum absolute atomic E-state index is 12.0. The van der Waals surface area contributed by atoms with Crippen molar-refractivity contribution in [2.75, 3.05) is 6.54 Å². The smallest absolute Gasteiger partial charge is 0.224 e. The van der Waals surface area contributed by atoms with Crippen molar-refractivity contribution >= 4 is 5.91 Å². The van der Waals surface area contributed by atoms with Gasteiger partial charge >= 0.3 is 0 Å². The third kappa shape index (κ3) is 3.86. The van der Waals surface area contributed by atoms with Crippen molar-refractivity contribution in [1.29, 1.82) is 0 Å². The summed E-state index contributed by atoms with van der Waals surface area (Å²) in [5.74, 6) is -0.0153. The topological polar surface area (TPSA) is 55.1 Å². The van der Waals surface area contributed by atoms with E-state index in [-0.39, 0.29) is 17.9 Å². The van der Waals surface area contributed by atoms with E-state index in [0.717, 1.165) is 18.4 Å². The molecule has 0 aromatic heterocycles. The van der Waals surface area contributed by atoms with Gasteiger partial charge in [0.2, 0.25) is 5.91 Å². The lowest BCUT2D eigenvalue weighted by Crippen LogP contribution is -2.36. The van der Waals surface area contributed by atoms with Gasteiger partial charge in [-0.3, -0.25) is 4.79 Å². The van der Waals surface area contributed by atoms with Crippen molar-refractivity contribution < 1.29 is 4.79 Å². The van der Waals surface area contributed by atoms with E-state index in [1.54, 1.807) is 0 Å². The van der Waals surface area contributed by atoms with Crippen molar-refractivity contribution in [3.63, 3.8) is 0 Å². The predicted molar refractivity (Wildman–Crippen MR) is 70.5 cm³/mol. The summed E-state index contributed by atoms with van der Waals surface area (Å²) in [4.78, 5) is 12.0. The van der Waals surface area contributed by atoms with Gasteiger partial charge < -0.3 is 11.1 Å². The first-order valence-corrected chi connectivity index (χ1v) is 6.28. The van der Waals surface area contributed by atoms with E-state index in [0.29, 0.717) is 6.54 Å². The number of nitrogens with one attached hydrogen (secondary N) is 1. The van der Waals surface area contributed by atoms with Gasteiger partial charge in [-0.25, -0.2) is 0 Å². The third-order valence-corrected chi connectivity index (χ3v) is 3.07. The quantitative estimate of drug-likeness (QED) is 0.793. The first-order chi connectivity index (χ1) is 8.22. The van der Waals surface area contributed by atoms with Crippen molar-refractivity contribution in [2.45, 2.75) is 32.7 Å². The average Bonchev–Trinajstić information content (AvgIpc) is 2.38. The highest BCUT2D eigenvalue weighted by Gasteiger charge is 2.18. The van der Waals surface area contributed by atoms with Crippen LogP contribution in [0.25, 0.3) is 0 Å². The molecule has 0 radical (unpaired) electrons. The molecule has 0 fully saturated rings. The van der Waals surface area contributed by atoms with E-state index in [4.69, 9.17) is 5.73 Å². The summed E-state index contributed by atoms with van der Waals surface area (Å²) in [5, 5.41) is 3.07. The molecule has 0 saturated heterocycles. The molecule has 0 aliphatic rings. The van der Waals surface area contributed by atoms with Crippen LogP contribution in [0.15, 0.2) is 30.3 Å². The maximum atomic E-state index is 12.0. The van der Waals surface area contributed by atoms with Crippen molar-refractivity contribution in [3.8, 4) is 0 Å². The van der Waals surface area contributed by atoms with Gasteiger partial charge in [0.25, 0.3) is 0 Å². The number of nitrogens with two attached hydrogens (primary N) is 1. The van der Waals surface area contributed by atoms with Crippen LogP contribution in [0.4, 0.5) is 0 Å². The zero-order chi connectivity index (χ0) is 12.7. The van der Waals surface area contributed by atoms with Crippen molar-refractivity contribution in [2.24, 2.45) is 11.7 Å². The lowest BCUT2D eigenvalue weighted by molar-refractivity contribution is -0.125. The number of carbonyl (C=O) groups excluding carboxylic acids is 1. The fourth-order valence-electron chi connectivity index (χ4n) is 1.86. The van der Waals surface area contributed by atoms with Crippen LogP contribution in [-0.4, -0.2) is 12.5 Å². The van der Waals surface area contributed by atoms with Gasteiger partial charge in [0.1, 0.15) is 0 Å². The summed E-state index contributed by atoms with van der Waals surface area (Å²) in [5.41, 5.74) is 6.73. The summed E-state index contributed by atoms with van der Waals surface area (Å²) in [6.45, 7) is 4.47. The molecular formula is C14H22N2O. The zero-order valence-electron chi connectivity index (χ0n) is 10.6. The Bertz CT molecular complexity index is 333. The second-order valence-corrected chi connectivity index (χ2v) is 4.22. The predicted octanol–water partition coefficient (Wildman–Crippen LogP) is 2.24. The van der Waals surface area contributed by atoms with E-state index in [1.807, 2.05) is 37.3 Å². The summed E-state index contributed by atoms with van der Waals surface area (Å²) in [7, 11) is 0. The average molecular weight is 234 g/mol. The summed E-state index contributed by atoms with van der Waals surface area (Å²) >= 11 is 0. The van der Waals surface area contributed by atoms with Gasteiger partial charge in [-0.05, 0) is 18.4 Å².